The molecule has 12 heteroatoms. The van der Waals surface area contributed by atoms with Gasteiger partial charge in [-0.1, -0.05) is 6.92 Å². The highest BCUT2D eigenvalue weighted by molar-refractivity contribution is 5.70. The number of ether oxygens (including phenoxy) is 6. The molecule has 6 unspecified atom stereocenters. The van der Waals surface area contributed by atoms with E-state index in [1.54, 1.807) is 0 Å². The van der Waals surface area contributed by atoms with Crippen LogP contribution >= 0.6 is 0 Å². The van der Waals surface area contributed by atoms with Crippen molar-refractivity contribution in [1.29, 1.82) is 0 Å². The Morgan fingerprint density at radius 2 is 0.857 bits per heavy atom. The molecule has 242 valence electrons. The van der Waals surface area contributed by atoms with Gasteiger partial charge >= 0.3 is 17.9 Å². The molecule has 0 N–H and O–H groups in total. The molecule has 3 heterocycles. The van der Waals surface area contributed by atoms with Crippen molar-refractivity contribution in [3.63, 3.8) is 0 Å². The second-order valence-electron chi connectivity index (χ2n) is 12.0. The van der Waals surface area contributed by atoms with Gasteiger partial charge < -0.3 is 28.4 Å². The Kier molecular flexibility index (Phi) is 14.9. The lowest BCUT2D eigenvalue weighted by atomic mass is 9.88. The second-order valence-corrected chi connectivity index (χ2v) is 12.0. The molecule has 3 aliphatic rings. The van der Waals surface area contributed by atoms with Crippen LogP contribution in [0.25, 0.3) is 0 Å². The number of carbonyl (C=O) groups is 3. The zero-order chi connectivity index (χ0) is 30.4. The monoisotopic (exact) mass is 599 g/mol. The van der Waals surface area contributed by atoms with Crippen LogP contribution in [0, 0.1) is 5.41 Å². The van der Waals surface area contributed by atoms with E-state index in [0.717, 1.165) is 39.3 Å². The summed E-state index contributed by atoms with van der Waals surface area (Å²) in [5.41, 5.74) is -0.460. The molecule has 3 saturated heterocycles. The van der Waals surface area contributed by atoms with Gasteiger partial charge in [-0.15, -0.1) is 0 Å². The summed E-state index contributed by atoms with van der Waals surface area (Å²) >= 11 is 0. The first kappa shape index (κ1) is 34.7. The Balaban J connectivity index is 1.31. The minimum absolute atomic E-state index is 0.189. The van der Waals surface area contributed by atoms with Crippen molar-refractivity contribution < 1.29 is 42.8 Å². The maximum absolute atomic E-state index is 12.0. The van der Waals surface area contributed by atoms with Crippen LogP contribution in [-0.2, 0) is 42.8 Å². The van der Waals surface area contributed by atoms with Gasteiger partial charge in [-0.3, -0.25) is 29.1 Å². The van der Waals surface area contributed by atoms with Crippen molar-refractivity contribution in [3.8, 4) is 0 Å². The Bertz CT molecular complexity index is 742. The highest BCUT2D eigenvalue weighted by Crippen LogP contribution is 2.24. The van der Waals surface area contributed by atoms with Gasteiger partial charge in [0.25, 0.3) is 0 Å². The quantitative estimate of drug-likeness (QED) is 0.0653. The van der Waals surface area contributed by atoms with Gasteiger partial charge in [0, 0.05) is 62.8 Å². The molecule has 42 heavy (non-hydrogen) atoms. The minimum Gasteiger partial charge on any atom is -0.463 e. The molecule has 0 bridgehead atoms. The summed E-state index contributed by atoms with van der Waals surface area (Å²) in [7, 11) is 0. The molecule has 0 saturated carbocycles. The number of hydrogen-bond acceptors (Lipinski definition) is 12. The molecule has 0 aromatic heterocycles. The summed E-state index contributed by atoms with van der Waals surface area (Å²) in [4.78, 5) is 42.5. The highest BCUT2D eigenvalue weighted by atomic mass is 16.6. The van der Waals surface area contributed by atoms with E-state index >= 15 is 0 Å². The van der Waals surface area contributed by atoms with E-state index in [1.807, 2.05) is 6.92 Å². The van der Waals surface area contributed by atoms with Gasteiger partial charge in [0.1, 0.15) is 19.8 Å². The summed E-state index contributed by atoms with van der Waals surface area (Å²) in [5, 5.41) is 0. The minimum atomic E-state index is -0.460. The Labute approximate surface area is 251 Å². The standard InChI is InChI=1S/C30H53N3O9/c1-5-30(21-37-12-15-40-27(34)6-9-31-18-24(31)2,22-38-13-16-41-28(35)7-10-32-19-25(32)3)23-39-14-17-42-29(36)8-11-33-20-26(33)4/h24-26H,5-23H2,1-4H3. The van der Waals surface area contributed by atoms with Gasteiger partial charge in [-0.2, -0.15) is 0 Å². The molecule has 0 aliphatic carbocycles. The molecule has 0 amide bonds. The molecule has 3 rings (SSSR count). The van der Waals surface area contributed by atoms with Crippen molar-refractivity contribution >= 4 is 17.9 Å². The first-order chi connectivity index (χ1) is 20.2. The maximum atomic E-state index is 12.0. The second kappa shape index (κ2) is 18.1. The number of rotatable bonds is 25. The number of carbonyl (C=O) groups excluding carboxylic acids is 3. The lowest BCUT2D eigenvalue weighted by molar-refractivity contribution is -0.147. The summed E-state index contributed by atoms with van der Waals surface area (Å²) < 4.78 is 33.6. The third-order valence-electron chi connectivity index (χ3n) is 8.22. The fourth-order valence-electron chi connectivity index (χ4n) is 4.67. The summed E-state index contributed by atoms with van der Waals surface area (Å²) in [6, 6.07) is 1.70. The normalized spacial score (nSPS) is 27.1. The van der Waals surface area contributed by atoms with Crippen LogP contribution in [0.5, 0.6) is 0 Å². The van der Waals surface area contributed by atoms with Crippen LogP contribution in [0.4, 0.5) is 0 Å². The smallest absolute Gasteiger partial charge is 0.307 e. The van der Waals surface area contributed by atoms with Gasteiger partial charge in [0.05, 0.1) is 58.9 Å². The summed E-state index contributed by atoms with van der Waals surface area (Å²) in [6.07, 6.45) is 1.86. The summed E-state index contributed by atoms with van der Waals surface area (Å²) in [5.74, 6) is -0.659. The SMILES string of the molecule is CCC(COCCOC(=O)CCN1CC1C)(COCCOC(=O)CCN1CC1C)COCCOC(=O)CCN1CC1C. The van der Waals surface area contributed by atoms with Gasteiger partial charge in [0.15, 0.2) is 0 Å². The van der Waals surface area contributed by atoms with E-state index in [2.05, 4.69) is 35.5 Å². The Morgan fingerprint density at radius 1 is 0.571 bits per heavy atom. The third-order valence-corrected chi connectivity index (χ3v) is 8.22. The van der Waals surface area contributed by atoms with E-state index in [9.17, 15) is 14.4 Å². The van der Waals surface area contributed by atoms with Crippen molar-refractivity contribution in [2.24, 2.45) is 5.41 Å². The van der Waals surface area contributed by atoms with E-state index in [4.69, 9.17) is 28.4 Å². The maximum Gasteiger partial charge on any atom is 0.307 e. The van der Waals surface area contributed by atoms with Crippen LogP contribution in [0.2, 0.25) is 0 Å². The molecule has 0 radical (unpaired) electrons. The van der Waals surface area contributed by atoms with Crippen molar-refractivity contribution in [3.05, 3.63) is 0 Å². The number of hydrogen-bond donors (Lipinski definition) is 0. The first-order valence-corrected chi connectivity index (χ1v) is 15.6. The van der Waals surface area contributed by atoms with Crippen molar-refractivity contribution in [2.45, 2.75) is 71.5 Å². The van der Waals surface area contributed by atoms with Crippen LogP contribution < -0.4 is 0 Å². The molecule has 6 atom stereocenters. The van der Waals surface area contributed by atoms with Crippen LogP contribution in [0.15, 0.2) is 0 Å². The van der Waals surface area contributed by atoms with Crippen LogP contribution in [0.3, 0.4) is 0 Å². The topological polar surface area (TPSA) is 116 Å². The average Bonchev–Trinajstić information content (AvgIpc) is 3.92. The largest absolute Gasteiger partial charge is 0.463 e. The Morgan fingerprint density at radius 3 is 1.10 bits per heavy atom. The summed E-state index contributed by atoms with van der Waals surface area (Å²) in [6.45, 7) is 16.2. The zero-order valence-electron chi connectivity index (χ0n) is 26.2. The number of esters is 3. The van der Waals surface area contributed by atoms with Gasteiger partial charge in [-0.05, 0) is 27.2 Å². The molecule has 0 aromatic carbocycles. The lowest BCUT2D eigenvalue weighted by Crippen LogP contribution is -2.38. The van der Waals surface area contributed by atoms with Gasteiger partial charge in [0.2, 0.25) is 0 Å². The predicted molar refractivity (Wildman–Crippen MR) is 155 cm³/mol. The van der Waals surface area contributed by atoms with Crippen LogP contribution in [0.1, 0.15) is 53.4 Å². The van der Waals surface area contributed by atoms with Crippen molar-refractivity contribution in [1.82, 2.24) is 14.7 Å². The average molecular weight is 600 g/mol. The molecular weight excluding hydrogens is 546 g/mol. The molecule has 0 aromatic rings. The lowest BCUT2D eigenvalue weighted by Gasteiger charge is -2.32. The molecule has 3 fully saturated rings. The fraction of sp³-hybridized carbons (Fsp3) is 0.900. The van der Waals surface area contributed by atoms with Gasteiger partial charge in [-0.25, -0.2) is 0 Å². The van der Waals surface area contributed by atoms with E-state index in [1.165, 1.54) is 0 Å². The fourth-order valence-corrected chi connectivity index (χ4v) is 4.67. The third kappa shape index (κ3) is 14.1. The van der Waals surface area contributed by atoms with E-state index in [-0.39, 0.29) is 57.5 Å². The van der Waals surface area contributed by atoms with Crippen LogP contribution in [-0.4, -0.2) is 149 Å². The predicted octanol–water partition coefficient (Wildman–Crippen LogP) is 1.34. The molecular formula is C30H53N3O9. The van der Waals surface area contributed by atoms with E-state index < -0.39 is 5.41 Å². The van der Waals surface area contributed by atoms with Crippen molar-refractivity contribution in [2.75, 3.05) is 98.7 Å². The molecule has 0 spiro atoms. The zero-order valence-corrected chi connectivity index (χ0v) is 26.2. The first-order valence-electron chi connectivity index (χ1n) is 15.6. The number of nitrogens with zero attached hydrogens (tertiary/aromatic N) is 3. The highest BCUT2D eigenvalue weighted by Gasteiger charge is 2.32. The van der Waals surface area contributed by atoms with E-state index in [0.29, 0.717) is 63.6 Å². The molecule has 12 nitrogen and oxygen atoms in total. The molecule has 3 aliphatic heterocycles. The Hall–Kier alpha value is -1.83.